The molecule has 0 unspecified atom stereocenters. The van der Waals surface area contributed by atoms with Crippen molar-refractivity contribution in [2.45, 2.75) is 45.6 Å². The number of hydrogen-bond acceptors (Lipinski definition) is 11. The number of hydrogen-bond donors (Lipinski definition) is 1. The quantitative estimate of drug-likeness (QED) is 0.441. The molecular weight excluding hydrogens is 496 g/mol. The minimum atomic E-state index is -0.389. The molecule has 12 heteroatoms. The maximum absolute atomic E-state index is 11.7. The predicted molar refractivity (Wildman–Crippen MR) is 137 cm³/mol. The minimum Gasteiger partial charge on any atom is -0.474 e. The molecule has 2 saturated heterocycles. The highest BCUT2D eigenvalue weighted by Crippen LogP contribution is 2.31. The first-order chi connectivity index (χ1) is 17.9. The van der Waals surface area contributed by atoms with E-state index in [-0.39, 0.29) is 23.2 Å². The van der Waals surface area contributed by atoms with Gasteiger partial charge in [0.2, 0.25) is 11.8 Å². The van der Waals surface area contributed by atoms with E-state index in [1.807, 2.05) is 20.8 Å². The van der Waals surface area contributed by atoms with Gasteiger partial charge in [-0.2, -0.15) is 4.98 Å². The van der Waals surface area contributed by atoms with Gasteiger partial charge in [0.15, 0.2) is 5.82 Å². The van der Waals surface area contributed by atoms with Crippen LogP contribution < -0.4 is 19.7 Å². The van der Waals surface area contributed by atoms with Crippen molar-refractivity contribution in [1.29, 1.82) is 0 Å². The summed E-state index contributed by atoms with van der Waals surface area (Å²) in [4.78, 5) is 38.6. The molecular formula is C25H26N6O5S. The molecule has 2 aliphatic heterocycles. The molecule has 2 fully saturated rings. The number of carbonyl (C=O) groups excluding carboxylic acids is 2. The SMILES string of the molecule is Cc1c(Oc2ccc(/C=C3/SC(=O)NC3=O)cc2)ncnc1OC1CCN(c2nc(C(C)C)no2)CC1. The number of aromatic nitrogens is 4. The third-order valence-electron chi connectivity index (χ3n) is 5.96. The topological polar surface area (TPSA) is 133 Å². The molecule has 4 heterocycles. The van der Waals surface area contributed by atoms with Gasteiger partial charge in [-0.15, -0.1) is 0 Å². The van der Waals surface area contributed by atoms with Crippen LogP contribution in [-0.2, 0) is 4.79 Å². The number of nitrogens with zero attached hydrogens (tertiary/aromatic N) is 5. The molecule has 0 spiro atoms. The van der Waals surface area contributed by atoms with Gasteiger partial charge in [-0.05, 0) is 42.5 Å². The van der Waals surface area contributed by atoms with Crippen molar-refractivity contribution >= 4 is 35.0 Å². The fraction of sp³-hybridized carbons (Fsp3) is 0.360. The standard InChI is InChI=1S/C25H26N6O5S/c1-14(2)20-28-24(36-30-20)31-10-8-18(9-11-31)35-23-15(3)22(26-13-27-23)34-17-6-4-16(5-7-17)12-19-21(32)29-25(33)37-19/h4-7,12-14,18H,8-11H2,1-3H3,(H,29,32,33)/b19-12+. The second kappa shape index (κ2) is 10.6. The van der Waals surface area contributed by atoms with Gasteiger partial charge in [-0.25, -0.2) is 9.97 Å². The number of amides is 2. The molecule has 0 radical (unpaired) electrons. The lowest BCUT2D eigenvalue weighted by molar-refractivity contribution is -0.115. The first kappa shape index (κ1) is 24.8. The molecule has 5 rings (SSSR count). The lowest BCUT2D eigenvalue weighted by Crippen LogP contribution is -2.38. The van der Waals surface area contributed by atoms with Gasteiger partial charge < -0.3 is 18.9 Å². The van der Waals surface area contributed by atoms with Crippen molar-refractivity contribution in [2.75, 3.05) is 18.0 Å². The van der Waals surface area contributed by atoms with Crippen LogP contribution in [0.5, 0.6) is 17.5 Å². The maximum atomic E-state index is 11.7. The first-order valence-corrected chi connectivity index (χ1v) is 12.8. The summed E-state index contributed by atoms with van der Waals surface area (Å²) in [6, 6.07) is 7.69. The Morgan fingerprint density at radius 2 is 1.86 bits per heavy atom. The smallest absolute Gasteiger partial charge is 0.324 e. The van der Waals surface area contributed by atoms with Crippen molar-refractivity contribution in [3.05, 3.63) is 52.4 Å². The number of piperidine rings is 1. The fourth-order valence-corrected chi connectivity index (χ4v) is 4.55. The van der Waals surface area contributed by atoms with Gasteiger partial charge in [0, 0.05) is 31.8 Å². The Balaban J connectivity index is 1.19. The molecule has 2 aromatic heterocycles. The number of nitrogens with one attached hydrogen (secondary N) is 1. The third kappa shape index (κ3) is 5.74. The van der Waals surface area contributed by atoms with Crippen molar-refractivity contribution in [3.63, 3.8) is 0 Å². The molecule has 1 N–H and O–H groups in total. The Kier molecular flexibility index (Phi) is 7.08. The van der Waals surface area contributed by atoms with E-state index in [4.69, 9.17) is 14.0 Å². The largest absolute Gasteiger partial charge is 0.474 e. The first-order valence-electron chi connectivity index (χ1n) is 12.0. The summed E-state index contributed by atoms with van der Waals surface area (Å²) in [5.41, 5.74) is 1.47. The molecule has 11 nitrogen and oxygen atoms in total. The van der Waals surface area contributed by atoms with Crippen molar-refractivity contribution < 1.29 is 23.6 Å². The predicted octanol–water partition coefficient (Wildman–Crippen LogP) is 4.46. The summed E-state index contributed by atoms with van der Waals surface area (Å²) in [5.74, 6) is 2.00. The lowest BCUT2D eigenvalue weighted by atomic mass is 10.1. The summed E-state index contributed by atoms with van der Waals surface area (Å²) in [5, 5.41) is 5.92. The number of carbonyl (C=O) groups is 2. The van der Waals surface area contributed by atoms with Crippen LogP contribution in [0.25, 0.3) is 6.08 Å². The molecule has 2 amide bonds. The maximum Gasteiger partial charge on any atom is 0.324 e. The van der Waals surface area contributed by atoms with Crippen molar-refractivity contribution in [1.82, 2.24) is 25.4 Å². The van der Waals surface area contributed by atoms with Crippen LogP contribution in [0.2, 0.25) is 0 Å². The van der Waals surface area contributed by atoms with Crippen LogP contribution in [0, 0.1) is 6.92 Å². The number of thioether (sulfide) groups is 1. The van der Waals surface area contributed by atoms with E-state index in [0.717, 1.165) is 43.3 Å². The number of imide groups is 1. The molecule has 2 aliphatic rings. The van der Waals surface area contributed by atoms with Gasteiger partial charge in [0.25, 0.3) is 11.1 Å². The fourth-order valence-electron chi connectivity index (χ4n) is 3.87. The van der Waals surface area contributed by atoms with Crippen molar-refractivity contribution in [2.24, 2.45) is 0 Å². The summed E-state index contributed by atoms with van der Waals surface area (Å²) < 4.78 is 17.6. The van der Waals surface area contributed by atoms with Gasteiger partial charge in [-0.1, -0.05) is 31.1 Å². The molecule has 3 aromatic rings. The molecule has 1 aromatic carbocycles. The van der Waals surface area contributed by atoms with Crippen LogP contribution >= 0.6 is 11.8 Å². The zero-order valence-electron chi connectivity index (χ0n) is 20.6. The molecule has 0 saturated carbocycles. The second-order valence-corrected chi connectivity index (χ2v) is 10.0. The highest BCUT2D eigenvalue weighted by molar-refractivity contribution is 8.18. The van der Waals surface area contributed by atoms with E-state index in [1.165, 1.54) is 6.33 Å². The Bertz CT molecular complexity index is 1330. The monoisotopic (exact) mass is 522 g/mol. The highest BCUT2D eigenvalue weighted by Gasteiger charge is 2.26. The van der Waals surface area contributed by atoms with Crippen LogP contribution in [0.1, 0.15) is 49.6 Å². The van der Waals surface area contributed by atoms with E-state index in [1.54, 1.807) is 30.3 Å². The zero-order chi connectivity index (χ0) is 25.9. The van der Waals surface area contributed by atoms with Gasteiger partial charge in [-0.3, -0.25) is 14.9 Å². The van der Waals surface area contributed by atoms with Crippen LogP contribution in [0.15, 0.2) is 40.0 Å². The molecule has 37 heavy (non-hydrogen) atoms. The molecule has 0 bridgehead atoms. The lowest BCUT2D eigenvalue weighted by Gasteiger charge is -2.30. The summed E-state index contributed by atoms with van der Waals surface area (Å²) in [7, 11) is 0. The molecule has 192 valence electrons. The van der Waals surface area contributed by atoms with E-state index in [9.17, 15) is 9.59 Å². The van der Waals surface area contributed by atoms with Crippen LogP contribution in [0.3, 0.4) is 0 Å². The summed E-state index contributed by atoms with van der Waals surface area (Å²) in [6.45, 7) is 7.41. The Hall–Kier alpha value is -3.93. The Labute approximate surface area is 217 Å². The summed E-state index contributed by atoms with van der Waals surface area (Å²) >= 11 is 0.880. The molecule has 0 atom stereocenters. The number of ether oxygens (including phenoxy) is 2. The average Bonchev–Trinajstić information content (AvgIpc) is 3.50. The summed E-state index contributed by atoms with van der Waals surface area (Å²) in [6.07, 6.45) is 4.65. The van der Waals surface area contributed by atoms with Crippen LogP contribution in [0.4, 0.5) is 10.8 Å². The highest BCUT2D eigenvalue weighted by atomic mass is 32.2. The van der Waals surface area contributed by atoms with Crippen molar-refractivity contribution in [3.8, 4) is 17.5 Å². The van der Waals surface area contributed by atoms with E-state index < -0.39 is 0 Å². The number of rotatable bonds is 7. The van der Waals surface area contributed by atoms with Gasteiger partial charge in [0.1, 0.15) is 18.2 Å². The Morgan fingerprint density at radius 1 is 1.14 bits per heavy atom. The average molecular weight is 523 g/mol. The van der Waals surface area contributed by atoms with E-state index in [0.29, 0.717) is 39.8 Å². The second-order valence-electron chi connectivity index (χ2n) is 9.03. The minimum absolute atomic E-state index is 0.00458. The number of benzene rings is 1. The third-order valence-corrected chi connectivity index (χ3v) is 6.77. The zero-order valence-corrected chi connectivity index (χ0v) is 21.4. The number of anilines is 1. The van der Waals surface area contributed by atoms with Gasteiger partial charge in [0.05, 0.1) is 10.5 Å². The molecule has 0 aliphatic carbocycles. The van der Waals surface area contributed by atoms with E-state index >= 15 is 0 Å². The normalized spacial score (nSPS) is 17.5. The van der Waals surface area contributed by atoms with E-state index in [2.05, 4.69) is 30.3 Å². The van der Waals surface area contributed by atoms with Crippen LogP contribution in [-0.4, -0.2) is 50.4 Å². The Morgan fingerprint density at radius 3 is 2.51 bits per heavy atom. The van der Waals surface area contributed by atoms with Gasteiger partial charge >= 0.3 is 6.01 Å².